The molecule has 18 heteroatoms. The summed E-state index contributed by atoms with van der Waals surface area (Å²) in [5.41, 5.74) is 0. The zero-order chi connectivity index (χ0) is 25.3. The number of rotatable bonds is 12. The van der Waals surface area contributed by atoms with Gasteiger partial charge in [-0.2, -0.15) is 57.1 Å². The van der Waals surface area contributed by atoms with Crippen LogP contribution in [0.3, 0.4) is 0 Å². The van der Waals surface area contributed by atoms with Crippen LogP contribution in [0.4, 0.5) is 57.1 Å². The highest BCUT2D eigenvalue weighted by atomic mass is 19.4. The maximum Gasteiger partial charge on any atom is 0.460 e. The van der Waals surface area contributed by atoms with Crippen LogP contribution < -0.4 is 0 Å². The lowest BCUT2D eigenvalue weighted by Crippen LogP contribution is -2.72. The molecule has 2 atom stereocenters. The van der Waals surface area contributed by atoms with Gasteiger partial charge < -0.3 is 19.5 Å². The van der Waals surface area contributed by atoms with Gasteiger partial charge in [0.25, 0.3) is 6.47 Å². The minimum Gasteiger partial charge on any atom is -0.455 e. The monoisotopic (exact) mass is 495 g/mol. The molecule has 0 bridgehead atoms. The zero-order valence-corrected chi connectivity index (χ0v) is 15.2. The van der Waals surface area contributed by atoms with Crippen molar-refractivity contribution in [3.63, 3.8) is 0 Å². The summed E-state index contributed by atoms with van der Waals surface area (Å²) in [6.07, 6.45) is -14.2. The summed E-state index contributed by atoms with van der Waals surface area (Å²) in [4.78, 5) is 11.2. The maximum absolute atomic E-state index is 14.2. The number of hydrogen-bond acceptors (Lipinski definition) is 5. The molecule has 0 spiro atoms. The highest BCUT2D eigenvalue weighted by Crippen LogP contribution is 2.61. The fourth-order valence-electron chi connectivity index (χ4n) is 2.12. The van der Waals surface area contributed by atoms with Gasteiger partial charge in [0, 0.05) is 6.54 Å². The van der Waals surface area contributed by atoms with Crippen LogP contribution in [0.2, 0.25) is 0 Å². The first-order valence-electron chi connectivity index (χ1n) is 7.50. The Morgan fingerprint density at radius 3 is 1.55 bits per heavy atom. The van der Waals surface area contributed by atoms with E-state index in [-0.39, 0.29) is 0 Å². The number of alkyl halides is 13. The van der Waals surface area contributed by atoms with Gasteiger partial charge in [-0.1, -0.05) is 0 Å². The van der Waals surface area contributed by atoms with E-state index in [1.165, 1.54) is 0 Å². The Morgan fingerprint density at radius 1 is 0.806 bits per heavy atom. The fraction of sp³-hybridized carbons (Fsp3) is 0.923. The van der Waals surface area contributed by atoms with E-state index in [9.17, 15) is 61.9 Å². The molecular formula is C13H14F13NO4. The summed E-state index contributed by atoms with van der Waals surface area (Å²) in [5, 5.41) is 8.61. The molecule has 186 valence electrons. The summed E-state index contributed by atoms with van der Waals surface area (Å²) in [5.74, 6) is -38.4. The molecule has 0 aromatic carbocycles. The Morgan fingerprint density at radius 2 is 1.23 bits per heavy atom. The Kier molecular flexibility index (Phi) is 8.67. The summed E-state index contributed by atoms with van der Waals surface area (Å²) in [7, 11) is 2.04. The fourth-order valence-corrected chi connectivity index (χ4v) is 2.12. The van der Waals surface area contributed by atoms with Gasteiger partial charge in [-0.3, -0.25) is 4.79 Å². The van der Waals surface area contributed by atoms with Gasteiger partial charge in [0.1, 0.15) is 12.9 Å². The predicted octanol–water partition coefficient (Wildman–Crippen LogP) is 3.16. The third kappa shape index (κ3) is 4.94. The molecule has 1 N–H and O–H groups in total. The van der Waals surface area contributed by atoms with Crippen molar-refractivity contribution in [2.45, 2.75) is 48.0 Å². The van der Waals surface area contributed by atoms with Crippen LogP contribution in [-0.4, -0.2) is 91.9 Å². The van der Waals surface area contributed by atoms with Gasteiger partial charge in [0.05, 0.1) is 0 Å². The third-order valence-electron chi connectivity index (χ3n) is 3.69. The summed E-state index contributed by atoms with van der Waals surface area (Å²) in [6, 6.07) is 0. The molecule has 0 saturated heterocycles. The van der Waals surface area contributed by atoms with E-state index >= 15 is 0 Å². The van der Waals surface area contributed by atoms with Crippen LogP contribution >= 0.6 is 0 Å². The lowest BCUT2D eigenvalue weighted by molar-refractivity contribution is -0.445. The molecule has 0 rings (SSSR count). The molecule has 0 aliphatic rings. The SMILES string of the molecule is CN(C)CC(OCO)C(OC=O)C(F)(F)C(F)(F)C(F)(F)C(F)(F)C(F)(F)C(F)(F)F. The molecule has 0 radical (unpaired) electrons. The molecule has 0 aromatic rings. The maximum atomic E-state index is 14.2. The lowest BCUT2D eigenvalue weighted by atomic mass is 9.89. The molecule has 31 heavy (non-hydrogen) atoms. The van der Waals surface area contributed by atoms with Crippen LogP contribution in [0.5, 0.6) is 0 Å². The second kappa shape index (κ2) is 9.13. The third-order valence-corrected chi connectivity index (χ3v) is 3.69. The van der Waals surface area contributed by atoms with Crippen LogP contribution in [0.25, 0.3) is 0 Å². The highest BCUT2D eigenvalue weighted by molar-refractivity contribution is 5.38. The first-order chi connectivity index (χ1) is 13.6. The number of aliphatic hydroxyl groups excluding tert-OH is 1. The number of carbonyl (C=O) groups excluding carboxylic acids is 1. The van der Waals surface area contributed by atoms with Crippen molar-refractivity contribution in [3.05, 3.63) is 0 Å². The van der Waals surface area contributed by atoms with Crippen molar-refractivity contribution in [2.24, 2.45) is 0 Å². The van der Waals surface area contributed by atoms with E-state index in [4.69, 9.17) is 5.11 Å². The topological polar surface area (TPSA) is 59.0 Å². The summed E-state index contributed by atoms with van der Waals surface area (Å²) in [6.45, 7) is -3.69. The highest BCUT2D eigenvalue weighted by Gasteiger charge is 2.91. The lowest BCUT2D eigenvalue weighted by Gasteiger charge is -2.42. The summed E-state index contributed by atoms with van der Waals surface area (Å²) < 4.78 is 180. The number of carbonyl (C=O) groups is 1. The average Bonchev–Trinajstić information content (AvgIpc) is 2.57. The van der Waals surface area contributed by atoms with Crippen molar-refractivity contribution in [2.75, 3.05) is 27.4 Å². The largest absolute Gasteiger partial charge is 0.460 e. The normalized spacial score (nSPS) is 16.9. The van der Waals surface area contributed by atoms with E-state index in [1.54, 1.807) is 0 Å². The quantitative estimate of drug-likeness (QED) is 0.256. The predicted molar refractivity (Wildman–Crippen MR) is 72.2 cm³/mol. The average molecular weight is 495 g/mol. The van der Waals surface area contributed by atoms with Gasteiger partial charge in [0.15, 0.2) is 6.10 Å². The summed E-state index contributed by atoms with van der Waals surface area (Å²) >= 11 is 0. The van der Waals surface area contributed by atoms with Crippen molar-refractivity contribution in [1.29, 1.82) is 0 Å². The molecule has 2 unspecified atom stereocenters. The standard InChI is InChI=1S/C13H14F13NO4/c1-27(2)3-6(30-4-28)7(31-5-29)8(14,15)9(16,17)10(18,19)11(20,21)12(22,23)13(24,25)26/h5-7,28H,3-4H2,1-2H3. The van der Waals surface area contributed by atoms with Crippen LogP contribution in [0.1, 0.15) is 0 Å². The molecule has 0 aromatic heterocycles. The second-order valence-corrected chi connectivity index (χ2v) is 6.17. The minimum atomic E-state index is -8.09. The number of likely N-dealkylation sites (N-methyl/N-ethyl adjacent to an activating group) is 1. The van der Waals surface area contributed by atoms with Gasteiger partial charge in [-0.15, -0.1) is 0 Å². The van der Waals surface area contributed by atoms with E-state index in [1.807, 2.05) is 0 Å². The molecule has 0 aliphatic heterocycles. The van der Waals surface area contributed by atoms with Gasteiger partial charge in [-0.25, -0.2) is 0 Å². The smallest absolute Gasteiger partial charge is 0.455 e. The van der Waals surface area contributed by atoms with Gasteiger partial charge in [-0.05, 0) is 14.1 Å². The van der Waals surface area contributed by atoms with E-state index in [2.05, 4.69) is 9.47 Å². The first kappa shape index (κ1) is 29.4. The molecule has 0 aliphatic carbocycles. The van der Waals surface area contributed by atoms with Crippen molar-refractivity contribution >= 4 is 6.47 Å². The van der Waals surface area contributed by atoms with Crippen LogP contribution in [0.15, 0.2) is 0 Å². The molecule has 5 nitrogen and oxygen atoms in total. The Balaban J connectivity index is 6.63. The molecular weight excluding hydrogens is 481 g/mol. The van der Waals surface area contributed by atoms with E-state index in [0.717, 1.165) is 19.0 Å². The number of nitrogens with zero attached hydrogens (tertiary/aromatic N) is 1. The second-order valence-electron chi connectivity index (χ2n) is 6.17. The number of hydrogen-bond donors (Lipinski definition) is 1. The number of halogens is 13. The Bertz CT molecular complexity index is 609. The van der Waals surface area contributed by atoms with Crippen molar-refractivity contribution < 1.29 is 76.5 Å². The van der Waals surface area contributed by atoms with Crippen LogP contribution in [0, 0.1) is 0 Å². The zero-order valence-electron chi connectivity index (χ0n) is 15.2. The van der Waals surface area contributed by atoms with Gasteiger partial charge in [0.2, 0.25) is 0 Å². The minimum absolute atomic E-state index is 0.806. The van der Waals surface area contributed by atoms with Crippen LogP contribution in [-0.2, 0) is 14.3 Å². The Hall–Kier alpha value is -1.56. The first-order valence-corrected chi connectivity index (χ1v) is 7.50. The number of ether oxygens (including phenoxy) is 2. The molecule has 0 heterocycles. The van der Waals surface area contributed by atoms with Crippen molar-refractivity contribution in [1.82, 2.24) is 4.90 Å². The molecule has 0 amide bonds. The van der Waals surface area contributed by atoms with Gasteiger partial charge >= 0.3 is 35.8 Å². The van der Waals surface area contributed by atoms with E-state index < -0.39 is 67.8 Å². The van der Waals surface area contributed by atoms with Crippen molar-refractivity contribution in [3.8, 4) is 0 Å². The van der Waals surface area contributed by atoms with E-state index in [0.29, 0.717) is 0 Å². The Labute approximate surface area is 164 Å². The molecule has 0 fully saturated rings. The molecule has 0 saturated carbocycles. The number of aliphatic hydroxyl groups is 1.